The number of halogens is 1. The summed E-state index contributed by atoms with van der Waals surface area (Å²) in [6.07, 6.45) is 33.0. The van der Waals surface area contributed by atoms with Crippen molar-refractivity contribution in [1.29, 1.82) is 0 Å². The summed E-state index contributed by atoms with van der Waals surface area (Å²) in [6.45, 7) is 4.48. The smallest absolute Gasteiger partial charge is 0.330 e. The molecule has 0 aliphatic carbocycles. The highest BCUT2D eigenvalue weighted by atomic mass is 32.2. The Bertz CT molecular complexity index is 844. The highest BCUT2D eigenvalue weighted by Crippen LogP contribution is 2.18. The van der Waals surface area contributed by atoms with Gasteiger partial charge in [-0.1, -0.05) is 165 Å². The van der Waals surface area contributed by atoms with Crippen molar-refractivity contribution < 1.29 is 21.3 Å². The molecule has 1 aromatic heterocycles. The highest BCUT2D eigenvalue weighted by molar-refractivity contribution is 7.78. The maximum Gasteiger partial charge on any atom is 0.330 e. The number of pyridine rings is 1. The lowest BCUT2D eigenvalue weighted by Gasteiger charge is -2.10. The molecule has 1 aromatic rings. The first kappa shape index (κ1) is 37.0. The molecule has 0 radical (unpaired) electrons. The maximum atomic E-state index is 15.3. The first-order chi connectivity index (χ1) is 19.4. The molecule has 0 fully saturated rings. The van der Waals surface area contributed by atoms with Gasteiger partial charge in [-0.05, 0) is 19.3 Å². The van der Waals surface area contributed by atoms with Crippen molar-refractivity contribution in [1.82, 2.24) is 0 Å². The number of aromatic nitrogens is 1. The van der Waals surface area contributed by atoms with Crippen LogP contribution in [-0.2, 0) is 23.1 Å². The van der Waals surface area contributed by atoms with Crippen LogP contribution in [0.15, 0.2) is 12.3 Å². The van der Waals surface area contributed by atoms with Crippen LogP contribution in [0, 0.1) is 5.82 Å². The second-order valence-electron chi connectivity index (χ2n) is 12.0. The zero-order valence-corrected chi connectivity index (χ0v) is 27.0. The van der Waals surface area contributed by atoms with Gasteiger partial charge in [0, 0.05) is 18.1 Å². The Morgan fingerprint density at radius 2 is 0.900 bits per heavy atom. The minimum absolute atomic E-state index is 0.0342. The normalized spacial score (nSPS) is 11.9. The maximum absolute atomic E-state index is 15.3. The van der Waals surface area contributed by atoms with Crippen LogP contribution in [0.1, 0.15) is 186 Å². The third-order valence-corrected chi connectivity index (χ3v) is 9.09. The fourth-order valence-corrected chi connectivity index (χ4v) is 6.34. The van der Waals surface area contributed by atoms with Crippen LogP contribution in [0.4, 0.5) is 4.39 Å². The fourth-order valence-electron chi connectivity index (χ4n) is 5.69. The Labute approximate surface area is 247 Å². The minimum atomic E-state index is -4.76. The quantitative estimate of drug-likeness (QED) is 0.0560. The molecule has 234 valence electrons. The second kappa shape index (κ2) is 24.6. The summed E-state index contributed by atoms with van der Waals surface area (Å²) >= 11 is 0. The third-order valence-electron chi connectivity index (χ3n) is 8.27. The fraction of sp³-hybridized carbons (Fsp3) is 0.853. The van der Waals surface area contributed by atoms with Gasteiger partial charge in [0.15, 0.2) is 12.0 Å². The summed E-state index contributed by atoms with van der Waals surface area (Å²) in [5, 5.41) is 0. The first-order valence-corrected chi connectivity index (χ1v) is 18.5. The molecule has 0 atom stereocenters. The van der Waals surface area contributed by atoms with Gasteiger partial charge in [-0.15, -0.1) is 0 Å². The molecule has 0 saturated carbocycles. The number of nitrogens with zero attached hydrogens (tertiary/aromatic N) is 1. The van der Waals surface area contributed by atoms with Gasteiger partial charge < -0.3 is 4.55 Å². The Kier molecular flexibility index (Phi) is 22.7. The summed E-state index contributed by atoms with van der Waals surface area (Å²) in [6, 6.07) is 1.48. The van der Waals surface area contributed by atoms with Gasteiger partial charge in [0.25, 0.3) is 0 Å². The Hall–Kier alpha value is -1.01. The van der Waals surface area contributed by atoms with Gasteiger partial charge in [0.2, 0.25) is 5.69 Å². The summed E-state index contributed by atoms with van der Waals surface area (Å²) in [5.74, 6) is -0.498. The molecule has 0 amide bonds. The molecule has 6 heteroatoms. The van der Waals surface area contributed by atoms with Gasteiger partial charge in [-0.3, -0.25) is 0 Å². The number of unbranched alkanes of at least 4 members (excludes halogenated alkanes) is 23. The van der Waals surface area contributed by atoms with Crippen molar-refractivity contribution in [2.24, 2.45) is 0 Å². The number of rotatable bonds is 28. The molecule has 0 aliphatic rings. The molecule has 1 rings (SSSR count). The van der Waals surface area contributed by atoms with E-state index in [0.717, 1.165) is 38.5 Å². The Morgan fingerprint density at radius 3 is 1.25 bits per heavy atom. The van der Waals surface area contributed by atoms with Crippen molar-refractivity contribution in [3.05, 3.63) is 29.3 Å². The summed E-state index contributed by atoms with van der Waals surface area (Å²) in [5.41, 5.74) is 0.572. The highest BCUT2D eigenvalue weighted by Gasteiger charge is 2.24. The Balaban J connectivity index is 2.24. The van der Waals surface area contributed by atoms with E-state index in [-0.39, 0.29) is 12.1 Å². The van der Waals surface area contributed by atoms with Gasteiger partial charge in [0.05, 0.1) is 0 Å². The molecular formula is C34H62FNO3S. The molecule has 0 bridgehead atoms. The third kappa shape index (κ3) is 18.4. The van der Waals surface area contributed by atoms with Gasteiger partial charge in [0.1, 0.15) is 0 Å². The minimum Gasteiger partial charge on any atom is -0.693 e. The lowest BCUT2D eigenvalue weighted by molar-refractivity contribution is -0.531. The topological polar surface area (TPSA) is 61.1 Å². The van der Waals surface area contributed by atoms with E-state index in [1.165, 1.54) is 128 Å². The molecule has 0 saturated heterocycles. The van der Waals surface area contributed by atoms with E-state index in [1.807, 2.05) is 0 Å². The second-order valence-corrected chi connectivity index (χ2v) is 13.2. The number of aryl methyl sites for hydroxylation is 1. The SMILES string of the molecule is CCCCCCCCCCCCCCCCCCc1cc[n+](S(=O)(=O)[O-])c(CCCCCCCCCCC)c1F. The van der Waals surface area contributed by atoms with E-state index in [9.17, 15) is 13.0 Å². The molecule has 1 heterocycles. The molecule has 0 aliphatic heterocycles. The number of hydrogen-bond donors (Lipinski definition) is 0. The first-order valence-electron chi connectivity index (χ1n) is 17.1. The van der Waals surface area contributed by atoms with Crippen LogP contribution in [-0.4, -0.2) is 13.0 Å². The molecule has 0 spiro atoms. The van der Waals surface area contributed by atoms with E-state index in [4.69, 9.17) is 0 Å². The van der Waals surface area contributed by atoms with Crippen LogP contribution < -0.4 is 3.97 Å². The Morgan fingerprint density at radius 1 is 0.575 bits per heavy atom. The lowest BCUT2D eigenvalue weighted by Crippen LogP contribution is -2.47. The molecular weight excluding hydrogens is 521 g/mol. The molecule has 0 unspecified atom stereocenters. The summed E-state index contributed by atoms with van der Waals surface area (Å²) in [4.78, 5) is 0. The largest absolute Gasteiger partial charge is 0.693 e. The standard InChI is InChI=1S/C34H62FNO3S/c1-3-5-7-9-11-13-14-15-16-17-18-19-21-22-24-26-28-32-30-31-36(40(37,38)39)33(34(32)35)29-27-25-23-20-12-10-8-6-4-2/h30-31H,3-29H2,1-2H3. The van der Waals surface area contributed by atoms with Gasteiger partial charge >= 0.3 is 10.3 Å². The van der Waals surface area contributed by atoms with Crippen molar-refractivity contribution in [3.63, 3.8) is 0 Å². The molecule has 40 heavy (non-hydrogen) atoms. The molecule has 0 N–H and O–H groups in total. The number of hydrogen-bond acceptors (Lipinski definition) is 3. The monoisotopic (exact) mass is 583 g/mol. The van der Waals surface area contributed by atoms with Crippen molar-refractivity contribution in [2.75, 3.05) is 0 Å². The van der Waals surface area contributed by atoms with Crippen LogP contribution in [0.5, 0.6) is 0 Å². The average molecular weight is 584 g/mol. The van der Waals surface area contributed by atoms with Crippen molar-refractivity contribution >= 4 is 10.3 Å². The average Bonchev–Trinajstić information content (AvgIpc) is 2.92. The van der Waals surface area contributed by atoms with E-state index in [2.05, 4.69) is 13.8 Å². The van der Waals surface area contributed by atoms with Crippen LogP contribution in [0.25, 0.3) is 0 Å². The van der Waals surface area contributed by atoms with Crippen LogP contribution in [0.3, 0.4) is 0 Å². The summed E-state index contributed by atoms with van der Waals surface area (Å²) < 4.78 is 51.1. The van der Waals surface area contributed by atoms with E-state index >= 15 is 4.39 Å². The van der Waals surface area contributed by atoms with E-state index in [1.54, 1.807) is 0 Å². The zero-order chi connectivity index (χ0) is 29.3. The van der Waals surface area contributed by atoms with Crippen molar-refractivity contribution in [3.8, 4) is 0 Å². The van der Waals surface area contributed by atoms with Gasteiger partial charge in [-0.25, -0.2) is 0 Å². The van der Waals surface area contributed by atoms with Crippen molar-refractivity contribution in [2.45, 2.75) is 187 Å². The summed E-state index contributed by atoms with van der Waals surface area (Å²) in [7, 11) is -4.76. The predicted octanol–water partition coefficient (Wildman–Crippen LogP) is 10.3. The van der Waals surface area contributed by atoms with Gasteiger partial charge in [-0.2, -0.15) is 12.8 Å². The molecule has 4 nitrogen and oxygen atoms in total. The van der Waals surface area contributed by atoms with E-state index < -0.39 is 16.1 Å². The lowest BCUT2D eigenvalue weighted by atomic mass is 10.0. The van der Waals surface area contributed by atoms with E-state index in [0.29, 0.717) is 22.4 Å². The molecule has 0 aromatic carbocycles. The zero-order valence-electron chi connectivity index (χ0n) is 26.2. The predicted molar refractivity (Wildman–Crippen MR) is 166 cm³/mol. The van der Waals surface area contributed by atoms with Crippen LogP contribution >= 0.6 is 0 Å². The van der Waals surface area contributed by atoms with Crippen LogP contribution in [0.2, 0.25) is 0 Å².